The van der Waals surface area contributed by atoms with E-state index >= 15 is 0 Å². The Kier molecular flexibility index (Phi) is 3.81. The van der Waals surface area contributed by atoms with Gasteiger partial charge in [0.15, 0.2) is 11.5 Å². The largest absolute Gasteiger partial charge is 0.503 e. The number of hydrogen-bond acceptors (Lipinski definition) is 6. The number of aromatic amines is 1. The topological polar surface area (TPSA) is 104 Å². The van der Waals surface area contributed by atoms with Crippen LogP contribution >= 0.6 is 11.3 Å². The zero-order chi connectivity index (χ0) is 19.3. The minimum atomic E-state index is -0.741. The number of benzene rings is 1. The average Bonchev–Trinajstić information content (AvgIpc) is 3.33. The zero-order valence-corrected chi connectivity index (χ0v) is 15.8. The van der Waals surface area contributed by atoms with Crippen LogP contribution in [0.15, 0.2) is 36.1 Å². The monoisotopic (exact) mass is 382 g/mol. The molecule has 0 aliphatic heterocycles. The third-order valence-electron chi connectivity index (χ3n) is 4.33. The first-order chi connectivity index (χ1) is 12.8. The molecule has 0 saturated carbocycles. The van der Waals surface area contributed by atoms with Crippen LogP contribution in [0, 0.1) is 5.41 Å². The molecule has 4 aromatic rings. The van der Waals surface area contributed by atoms with Crippen LogP contribution in [0.5, 0.6) is 11.6 Å². The van der Waals surface area contributed by atoms with E-state index in [9.17, 15) is 15.0 Å². The molecule has 27 heavy (non-hydrogen) atoms. The van der Waals surface area contributed by atoms with Crippen molar-refractivity contribution in [3.8, 4) is 28.0 Å². The molecule has 0 radical (unpaired) electrons. The van der Waals surface area contributed by atoms with E-state index in [2.05, 4.69) is 15.0 Å². The van der Waals surface area contributed by atoms with Crippen molar-refractivity contribution in [2.45, 2.75) is 20.8 Å². The Morgan fingerprint density at radius 3 is 2.67 bits per heavy atom. The minimum absolute atomic E-state index is 0.0691. The summed E-state index contributed by atoms with van der Waals surface area (Å²) in [6.07, 6.45) is 3.20. The molecule has 0 amide bonds. The molecule has 0 spiro atoms. The molecule has 8 heteroatoms. The van der Waals surface area contributed by atoms with Gasteiger partial charge in [-0.2, -0.15) is 0 Å². The first kappa shape index (κ1) is 17.3. The number of nitrogens with one attached hydrogen (secondary N) is 1. The van der Waals surface area contributed by atoms with Crippen LogP contribution < -0.4 is 0 Å². The van der Waals surface area contributed by atoms with E-state index in [1.54, 1.807) is 56.9 Å². The van der Waals surface area contributed by atoms with Gasteiger partial charge in [0.2, 0.25) is 5.88 Å². The quantitative estimate of drug-likeness (QED) is 0.463. The standard InChI is InChI=1S/C19H18N4O3S/c1-19(2,3)16(25)13-14(17-20-6-7-27-17)23(18(26)15(13)24)10-4-5-11-12(8-10)22-9-21-11/h4-9,24,26H,1-3H3,(H,21,22). The summed E-state index contributed by atoms with van der Waals surface area (Å²) >= 11 is 1.33. The predicted molar refractivity (Wildman–Crippen MR) is 104 cm³/mol. The lowest BCUT2D eigenvalue weighted by Gasteiger charge is -2.17. The van der Waals surface area contributed by atoms with Crippen molar-refractivity contribution in [1.29, 1.82) is 0 Å². The fourth-order valence-electron chi connectivity index (χ4n) is 2.99. The number of H-pyrrole nitrogens is 1. The lowest BCUT2D eigenvalue weighted by atomic mass is 9.86. The maximum absolute atomic E-state index is 13.0. The second-order valence-electron chi connectivity index (χ2n) is 7.25. The molecule has 0 saturated heterocycles. The Bertz CT molecular complexity index is 1150. The third kappa shape index (κ3) is 2.69. The van der Waals surface area contributed by atoms with Gasteiger partial charge >= 0.3 is 0 Å². The molecule has 0 aliphatic carbocycles. The van der Waals surface area contributed by atoms with Crippen LogP contribution in [0.3, 0.4) is 0 Å². The number of Topliss-reactive ketones (excluding diaryl/α,β-unsaturated/α-hetero) is 1. The number of ketones is 1. The Hall–Kier alpha value is -3.13. The SMILES string of the molecule is CC(C)(C)C(=O)c1c(O)c(O)n(-c2ccc3nc[nH]c3c2)c1-c1nccs1. The fraction of sp³-hybridized carbons (Fsp3) is 0.211. The zero-order valence-electron chi connectivity index (χ0n) is 15.0. The maximum Gasteiger partial charge on any atom is 0.240 e. The number of carbonyl (C=O) groups is 1. The van der Waals surface area contributed by atoms with Gasteiger partial charge in [-0.3, -0.25) is 9.36 Å². The molecule has 1 aromatic carbocycles. The van der Waals surface area contributed by atoms with Crippen molar-refractivity contribution >= 4 is 28.2 Å². The highest BCUT2D eigenvalue weighted by atomic mass is 32.1. The summed E-state index contributed by atoms with van der Waals surface area (Å²) in [5, 5.41) is 23.6. The molecular formula is C19H18N4O3S. The summed E-state index contributed by atoms with van der Waals surface area (Å²) in [4.78, 5) is 24.6. The van der Waals surface area contributed by atoms with E-state index in [-0.39, 0.29) is 11.3 Å². The Balaban J connectivity index is 2.06. The Morgan fingerprint density at radius 2 is 2.00 bits per heavy atom. The molecule has 3 heterocycles. The van der Waals surface area contributed by atoms with Gasteiger partial charge in [0.1, 0.15) is 5.01 Å². The Labute approximate surface area is 159 Å². The normalized spacial score (nSPS) is 12.0. The van der Waals surface area contributed by atoms with Crippen molar-refractivity contribution in [2.24, 2.45) is 5.41 Å². The second kappa shape index (κ2) is 5.95. The highest BCUT2D eigenvalue weighted by Gasteiger charge is 2.35. The number of fused-ring (bicyclic) bond motifs is 1. The van der Waals surface area contributed by atoms with Crippen LogP contribution in [0.2, 0.25) is 0 Å². The van der Waals surface area contributed by atoms with Gasteiger partial charge in [0.05, 0.1) is 34.3 Å². The summed E-state index contributed by atoms with van der Waals surface area (Å²) in [5.41, 5.74) is 1.83. The predicted octanol–water partition coefficient (Wildman–Crippen LogP) is 4.12. The molecule has 0 bridgehead atoms. The number of carbonyl (C=O) groups excluding carboxylic acids is 1. The molecule has 0 unspecified atom stereocenters. The van der Waals surface area contributed by atoms with Gasteiger partial charge in [-0.05, 0) is 18.2 Å². The van der Waals surface area contributed by atoms with E-state index in [1.807, 2.05) is 0 Å². The van der Waals surface area contributed by atoms with E-state index in [0.717, 1.165) is 11.0 Å². The van der Waals surface area contributed by atoms with Crippen LogP contribution in [0.25, 0.3) is 27.4 Å². The molecule has 0 fully saturated rings. The van der Waals surface area contributed by atoms with Crippen molar-refractivity contribution in [3.05, 3.63) is 41.7 Å². The van der Waals surface area contributed by atoms with Crippen LogP contribution in [-0.2, 0) is 0 Å². The van der Waals surface area contributed by atoms with Crippen LogP contribution in [0.1, 0.15) is 31.1 Å². The molecule has 4 rings (SSSR count). The molecule has 3 aromatic heterocycles. The van der Waals surface area contributed by atoms with Gasteiger partial charge in [0.25, 0.3) is 0 Å². The first-order valence-electron chi connectivity index (χ1n) is 8.34. The second-order valence-corrected chi connectivity index (χ2v) is 8.15. The average molecular weight is 382 g/mol. The number of rotatable bonds is 3. The van der Waals surface area contributed by atoms with E-state index in [4.69, 9.17) is 0 Å². The van der Waals surface area contributed by atoms with Crippen molar-refractivity contribution in [2.75, 3.05) is 0 Å². The first-order valence-corrected chi connectivity index (χ1v) is 9.22. The molecule has 7 nitrogen and oxygen atoms in total. The third-order valence-corrected chi connectivity index (χ3v) is 5.11. The summed E-state index contributed by atoms with van der Waals surface area (Å²) < 4.78 is 1.45. The van der Waals surface area contributed by atoms with Gasteiger partial charge in [-0.25, -0.2) is 9.97 Å². The maximum atomic E-state index is 13.0. The Morgan fingerprint density at radius 1 is 1.22 bits per heavy atom. The smallest absolute Gasteiger partial charge is 0.240 e. The molecule has 0 atom stereocenters. The van der Waals surface area contributed by atoms with Gasteiger partial charge in [-0.15, -0.1) is 11.3 Å². The van der Waals surface area contributed by atoms with Gasteiger partial charge < -0.3 is 15.2 Å². The van der Waals surface area contributed by atoms with E-state index < -0.39 is 17.0 Å². The fourth-order valence-corrected chi connectivity index (χ4v) is 3.67. The van der Waals surface area contributed by atoms with Crippen LogP contribution in [-0.4, -0.2) is 35.5 Å². The summed E-state index contributed by atoms with van der Waals surface area (Å²) in [6.45, 7) is 5.31. The highest BCUT2D eigenvalue weighted by Crippen LogP contribution is 2.45. The number of aromatic nitrogens is 4. The van der Waals surface area contributed by atoms with Crippen molar-refractivity contribution in [1.82, 2.24) is 19.5 Å². The summed E-state index contributed by atoms with van der Waals surface area (Å²) in [7, 11) is 0. The minimum Gasteiger partial charge on any atom is -0.503 e. The highest BCUT2D eigenvalue weighted by molar-refractivity contribution is 7.13. The number of aromatic hydroxyl groups is 2. The summed E-state index contributed by atoms with van der Waals surface area (Å²) in [5.74, 6) is -1.11. The molecular weight excluding hydrogens is 364 g/mol. The number of nitrogens with zero attached hydrogens (tertiary/aromatic N) is 3. The van der Waals surface area contributed by atoms with Gasteiger partial charge in [-0.1, -0.05) is 20.8 Å². The summed E-state index contributed by atoms with van der Waals surface area (Å²) in [6, 6.07) is 5.36. The molecule has 138 valence electrons. The van der Waals surface area contributed by atoms with Crippen molar-refractivity contribution < 1.29 is 15.0 Å². The lowest BCUT2D eigenvalue weighted by molar-refractivity contribution is 0.0856. The van der Waals surface area contributed by atoms with E-state index in [1.165, 1.54) is 15.9 Å². The number of imidazole rings is 1. The molecule has 3 N–H and O–H groups in total. The number of thiazole rings is 1. The van der Waals surface area contributed by atoms with E-state index in [0.29, 0.717) is 16.4 Å². The van der Waals surface area contributed by atoms with Crippen molar-refractivity contribution in [3.63, 3.8) is 0 Å². The lowest BCUT2D eigenvalue weighted by Crippen LogP contribution is -2.20. The van der Waals surface area contributed by atoms with Gasteiger partial charge in [0, 0.05) is 17.0 Å². The number of hydrogen-bond donors (Lipinski definition) is 3. The van der Waals surface area contributed by atoms with Crippen LogP contribution in [0.4, 0.5) is 0 Å². The molecule has 0 aliphatic rings.